The van der Waals surface area contributed by atoms with E-state index in [1.165, 1.54) is 19.2 Å². The third-order valence-corrected chi connectivity index (χ3v) is 4.40. The summed E-state index contributed by atoms with van der Waals surface area (Å²) in [7, 11) is 3.47. The van der Waals surface area contributed by atoms with Crippen LogP contribution in [-0.4, -0.2) is 50.0 Å². The number of anilines is 1. The van der Waals surface area contributed by atoms with Crippen LogP contribution in [0.15, 0.2) is 35.7 Å². The lowest BCUT2D eigenvalue weighted by Crippen LogP contribution is -2.40. The van der Waals surface area contributed by atoms with Gasteiger partial charge in [0.25, 0.3) is 0 Å². The van der Waals surface area contributed by atoms with Crippen molar-refractivity contribution in [3.8, 4) is 0 Å². The maximum absolute atomic E-state index is 14.2. The molecule has 1 aliphatic rings. The first-order valence-corrected chi connectivity index (χ1v) is 8.60. The highest BCUT2D eigenvalue weighted by atomic mass is 19.1. The zero-order chi connectivity index (χ0) is 20.0. The van der Waals surface area contributed by atoms with E-state index in [9.17, 15) is 9.18 Å². The fourth-order valence-corrected chi connectivity index (χ4v) is 2.93. The zero-order valence-electron chi connectivity index (χ0n) is 15.7. The minimum absolute atomic E-state index is 0.0349. The second kappa shape index (κ2) is 8.98. The largest absolute Gasteiger partial charge is 0.393 e. The van der Waals surface area contributed by atoms with Gasteiger partial charge in [-0.15, -0.1) is 0 Å². The number of halogens is 1. The van der Waals surface area contributed by atoms with Crippen molar-refractivity contribution in [3.05, 3.63) is 47.0 Å². The van der Waals surface area contributed by atoms with Gasteiger partial charge >= 0.3 is 0 Å². The molecule has 0 aliphatic carbocycles. The first-order valence-electron chi connectivity index (χ1n) is 8.60. The van der Waals surface area contributed by atoms with Crippen LogP contribution in [0.1, 0.15) is 18.9 Å². The Bertz CT molecular complexity index is 814. The first kappa shape index (κ1) is 20.2. The Morgan fingerprint density at radius 3 is 2.67 bits per heavy atom. The van der Waals surface area contributed by atoms with Crippen LogP contribution in [0, 0.1) is 16.6 Å². The van der Waals surface area contributed by atoms with Gasteiger partial charge in [-0.2, -0.15) is 0 Å². The molecule has 0 saturated carbocycles. The summed E-state index contributed by atoms with van der Waals surface area (Å²) in [6.07, 6.45) is 3.25. The highest BCUT2D eigenvalue weighted by Gasteiger charge is 2.23. The molecule has 0 bridgehead atoms. The highest BCUT2D eigenvalue weighted by Crippen LogP contribution is 2.23. The summed E-state index contributed by atoms with van der Waals surface area (Å²) >= 11 is 0. The third kappa shape index (κ3) is 4.72. The summed E-state index contributed by atoms with van der Waals surface area (Å²) in [4.78, 5) is 13.4. The van der Waals surface area contributed by atoms with Gasteiger partial charge in [-0.3, -0.25) is 10.2 Å². The van der Waals surface area contributed by atoms with Crippen molar-refractivity contribution in [3.63, 3.8) is 0 Å². The van der Waals surface area contributed by atoms with E-state index in [0.717, 1.165) is 11.9 Å². The molecule has 1 aromatic carbocycles. The summed E-state index contributed by atoms with van der Waals surface area (Å²) in [5.74, 6) is -0.336. The van der Waals surface area contributed by atoms with Crippen molar-refractivity contribution in [2.24, 2.45) is 0 Å². The molecule has 1 amide bonds. The number of nitrogens with zero attached hydrogens (tertiary/aromatic N) is 1. The van der Waals surface area contributed by atoms with E-state index in [1.54, 1.807) is 31.1 Å². The molecule has 2 rings (SSSR count). The van der Waals surface area contributed by atoms with Crippen LogP contribution in [0.2, 0.25) is 0 Å². The van der Waals surface area contributed by atoms with E-state index in [4.69, 9.17) is 10.8 Å². The Morgan fingerprint density at radius 1 is 1.33 bits per heavy atom. The van der Waals surface area contributed by atoms with Crippen molar-refractivity contribution in [1.82, 2.24) is 15.5 Å². The quantitative estimate of drug-likeness (QED) is 0.390. The van der Waals surface area contributed by atoms with Gasteiger partial charge in [-0.25, -0.2) is 4.39 Å². The van der Waals surface area contributed by atoms with Gasteiger partial charge in [-0.05, 0) is 18.2 Å². The Kier molecular flexibility index (Phi) is 6.70. The molecule has 0 aromatic heterocycles. The average molecular weight is 372 g/mol. The van der Waals surface area contributed by atoms with Crippen molar-refractivity contribution >= 4 is 29.2 Å². The molecule has 0 spiro atoms. The molecule has 27 heavy (non-hydrogen) atoms. The van der Waals surface area contributed by atoms with Gasteiger partial charge in [0.05, 0.1) is 6.54 Å². The standard InChI is InChI=1S/C19H25FN6O/c1-12(27)26-7-6-18(24-3)16(11-26)19(22)25-14-4-5-17(20)15(8-14)13(9-21)10-23-2/h4-5,8-10,21,23-24H,6-7,11H2,1-3H3,(H2,22,25)/b13-10+,21-9?. The summed E-state index contributed by atoms with van der Waals surface area (Å²) in [5, 5.41) is 24.8. The SMILES string of the molecule is CN/C=C(\C=N)c1cc(NC(=N)C2=C(NC)CCN(C(C)=O)C2)ccc1F. The van der Waals surface area contributed by atoms with Crippen LogP contribution in [0.3, 0.4) is 0 Å². The second-order valence-corrected chi connectivity index (χ2v) is 6.12. The Morgan fingerprint density at radius 2 is 2.07 bits per heavy atom. The van der Waals surface area contributed by atoms with Gasteiger partial charge in [0.1, 0.15) is 11.7 Å². The third-order valence-electron chi connectivity index (χ3n) is 4.40. The van der Waals surface area contributed by atoms with E-state index >= 15 is 0 Å². The number of benzene rings is 1. The van der Waals surface area contributed by atoms with E-state index in [-0.39, 0.29) is 17.3 Å². The van der Waals surface area contributed by atoms with E-state index in [0.29, 0.717) is 36.3 Å². The summed E-state index contributed by atoms with van der Waals surface area (Å²) in [5.41, 5.74) is 2.78. The van der Waals surface area contributed by atoms with E-state index in [1.807, 2.05) is 0 Å². The number of hydrogen-bond acceptors (Lipinski definition) is 5. The number of amidine groups is 1. The van der Waals surface area contributed by atoms with Crippen LogP contribution in [0.5, 0.6) is 0 Å². The number of amides is 1. The van der Waals surface area contributed by atoms with Gasteiger partial charge in [-0.1, -0.05) is 0 Å². The first-order chi connectivity index (χ1) is 12.9. The van der Waals surface area contributed by atoms with Crippen LogP contribution in [0.4, 0.5) is 10.1 Å². The Balaban J connectivity index is 2.29. The van der Waals surface area contributed by atoms with Gasteiger partial charge < -0.3 is 26.3 Å². The highest BCUT2D eigenvalue weighted by molar-refractivity contribution is 6.10. The van der Waals surface area contributed by atoms with Crippen LogP contribution < -0.4 is 16.0 Å². The normalized spacial score (nSPS) is 14.7. The minimum atomic E-state index is -0.451. The molecule has 0 unspecified atom stereocenters. The van der Waals surface area contributed by atoms with E-state index in [2.05, 4.69) is 16.0 Å². The van der Waals surface area contributed by atoms with Gasteiger partial charge in [0.2, 0.25) is 5.91 Å². The second-order valence-electron chi connectivity index (χ2n) is 6.12. The lowest BCUT2D eigenvalue weighted by Gasteiger charge is -2.30. The molecule has 0 atom stereocenters. The number of rotatable bonds is 6. The summed E-state index contributed by atoms with van der Waals surface area (Å²) in [6, 6.07) is 4.40. The van der Waals surface area contributed by atoms with Crippen molar-refractivity contribution in [1.29, 1.82) is 10.8 Å². The molecular weight excluding hydrogens is 347 g/mol. The molecule has 144 valence electrons. The zero-order valence-corrected chi connectivity index (χ0v) is 15.7. The Hall–Kier alpha value is -3.16. The minimum Gasteiger partial charge on any atom is -0.393 e. The van der Waals surface area contributed by atoms with Crippen LogP contribution in [-0.2, 0) is 4.79 Å². The smallest absolute Gasteiger partial charge is 0.219 e. The maximum Gasteiger partial charge on any atom is 0.219 e. The molecule has 1 aliphatic heterocycles. The van der Waals surface area contributed by atoms with Gasteiger partial charge in [0.15, 0.2) is 0 Å². The molecule has 0 saturated heterocycles. The average Bonchev–Trinajstić information content (AvgIpc) is 2.67. The molecule has 8 heteroatoms. The van der Waals surface area contributed by atoms with Crippen LogP contribution >= 0.6 is 0 Å². The maximum atomic E-state index is 14.2. The lowest BCUT2D eigenvalue weighted by molar-refractivity contribution is -0.128. The molecule has 0 fully saturated rings. The topological polar surface area (TPSA) is 104 Å². The van der Waals surface area contributed by atoms with Gasteiger partial charge in [0, 0.05) is 74.5 Å². The fourth-order valence-electron chi connectivity index (χ4n) is 2.93. The molecule has 1 aromatic rings. The monoisotopic (exact) mass is 372 g/mol. The summed E-state index contributed by atoms with van der Waals surface area (Å²) < 4.78 is 14.2. The lowest BCUT2D eigenvalue weighted by atomic mass is 10.0. The molecular formula is C19H25FN6O. The fraction of sp³-hybridized carbons (Fsp3) is 0.316. The van der Waals surface area contributed by atoms with Crippen molar-refractivity contribution in [2.45, 2.75) is 13.3 Å². The molecule has 5 N–H and O–H groups in total. The summed E-state index contributed by atoms with van der Waals surface area (Å²) in [6.45, 7) is 2.47. The number of hydrogen-bond donors (Lipinski definition) is 5. The van der Waals surface area contributed by atoms with Crippen molar-refractivity contribution in [2.75, 3.05) is 32.5 Å². The van der Waals surface area contributed by atoms with E-state index < -0.39 is 5.82 Å². The van der Waals surface area contributed by atoms with Crippen LogP contribution in [0.25, 0.3) is 5.57 Å². The predicted molar refractivity (Wildman–Crippen MR) is 107 cm³/mol. The number of carbonyl (C=O) groups excluding carboxylic acids is 1. The number of nitrogens with one attached hydrogen (secondary N) is 5. The molecule has 0 radical (unpaired) electrons. The number of allylic oxidation sites excluding steroid dienone is 1. The molecule has 7 nitrogen and oxygen atoms in total. The van der Waals surface area contributed by atoms with Crippen molar-refractivity contribution < 1.29 is 9.18 Å². The predicted octanol–water partition coefficient (Wildman–Crippen LogP) is 2.15. The Labute approximate surface area is 158 Å². The number of carbonyl (C=O) groups is 1. The molecule has 1 heterocycles.